The molecule has 0 fully saturated rings. The standard InChI is InChI=1S/C16H16N2O/c1-11-7-12(2)9-13(8-11)18-15-6-4-3-5-14(15)17-10-16(18)19/h3-9,17H,10H2,1-2H3. The lowest BCUT2D eigenvalue weighted by atomic mass is 10.1. The molecule has 1 amide bonds. The van der Waals surface area contributed by atoms with Gasteiger partial charge in [0.25, 0.3) is 5.91 Å². The van der Waals surface area contributed by atoms with E-state index in [1.807, 2.05) is 36.4 Å². The minimum absolute atomic E-state index is 0.0729. The smallest absolute Gasteiger partial charge is 0.250 e. The zero-order chi connectivity index (χ0) is 13.4. The van der Waals surface area contributed by atoms with Crippen molar-refractivity contribution in [1.29, 1.82) is 0 Å². The Kier molecular flexibility index (Phi) is 2.75. The van der Waals surface area contributed by atoms with Crippen LogP contribution >= 0.6 is 0 Å². The summed E-state index contributed by atoms with van der Waals surface area (Å²) in [6, 6.07) is 14.1. The van der Waals surface area contributed by atoms with Crippen molar-refractivity contribution >= 4 is 23.0 Å². The van der Waals surface area contributed by atoms with Gasteiger partial charge in [0, 0.05) is 5.69 Å². The van der Waals surface area contributed by atoms with Crippen molar-refractivity contribution in [2.45, 2.75) is 13.8 Å². The molecule has 3 nitrogen and oxygen atoms in total. The van der Waals surface area contributed by atoms with Crippen molar-refractivity contribution in [3.8, 4) is 0 Å². The average molecular weight is 252 g/mol. The number of para-hydroxylation sites is 2. The molecule has 0 spiro atoms. The molecule has 1 heterocycles. The zero-order valence-electron chi connectivity index (χ0n) is 11.1. The molecule has 0 aromatic heterocycles. The van der Waals surface area contributed by atoms with Crippen LogP contribution in [-0.2, 0) is 4.79 Å². The maximum absolute atomic E-state index is 12.2. The Balaban J connectivity index is 2.15. The van der Waals surface area contributed by atoms with E-state index in [1.165, 1.54) is 11.1 Å². The van der Waals surface area contributed by atoms with Gasteiger partial charge in [0.1, 0.15) is 0 Å². The maximum atomic E-state index is 12.2. The van der Waals surface area contributed by atoms with Gasteiger partial charge in [-0.3, -0.25) is 9.69 Å². The quantitative estimate of drug-likeness (QED) is 0.843. The Morgan fingerprint density at radius 1 is 1.05 bits per heavy atom. The molecule has 3 rings (SSSR count). The largest absolute Gasteiger partial charge is 0.374 e. The van der Waals surface area contributed by atoms with Gasteiger partial charge in [-0.05, 0) is 49.2 Å². The van der Waals surface area contributed by atoms with E-state index in [9.17, 15) is 4.79 Å². The van der Waals surface area contributed by atoms with Crippen LogP contribution in [0.2, 0.25) is 0 Å². The van der Waals surface area contributed by atoms with Crippen LogP contribution in [0.4, 0.5) is 17.1 Å². The minimum Gasteiger partial charge on any atom is -0.374 e. The number of rotatable bonds is 1. The van der Waals surface area contributed by atoms with E-state index in [1.54, 1.807) is 4.90 Å². The number of amides is 1. The monoisotopic (exact) mass is 252 g/mol. The first-order valence-corrected chi connectivity index (χ1v) is 6.39. The Hall–Kier alpha value is -2.29. The summed E-state index contributed by atoms with van der Waals surface area (Å²) in [5, 5.41) is 3.15. The van der Waals surface area contributed by atoms with Crippen molar-refractivity contribution in [2.75, 3.05) is 16.8 Å². The summed E-state index contributed by atoms with van der Waals surface area (Å²) in [6.45, 7) is 4.44. The highest BCUT2D eigenvalue weighted by molar-refractivity contribution is 6.08. The van der Waals surface area contributed by atoms with Crippen LogP contribution in [0.5, 0.6) is 0 Å². The summed E-state index contributed by atoms with van der Waals surface area (Å²) >= 11 is 0. The summed E-state index contributed by atoms with van der Waals surface area (Å²) in [6.07, 6.45) is 0. The van der Waals surface area contributed by atoms with E-state index in [0.717, 1.165) is 17.1 Å². The first-order valence-electron chi connectivity index (χ1n) is 6.39. The molecule has 0 aliphatic carbocycles. The van der Waals surface area contributed by atoms with Gasteiger partial charge in [0.2, 0.25) is 0 Å². The number of nitrogens with zero attached hydrogens (tertiary/aromatic N) is 1. The number of anilines is 3. The van der Waals surface area contributed by atoms with Gasteiger partial charge < -0.3 is 5.32 Å². The number of hydrogen-bond acceptors (Lipinski definition) is 2. The molecule has 1 aliphatic heterocycles. The van der Waals surface area contributed by atoms with E-state index in [2.05, 4.69) is 25.2 Å². The number of fused-ring (bicyclic) bond motifs is 1. The summed E-state index contributed by atoms with van der Waals surface area (Å²) in [4.78, 5) is 14.0. The van der Waals surface area contributed by atoms with Crippen molar-refractivity contribution in [2.24, 2.45) is 0 Å². The molecule has 19 heavy (non-hydrogen) atoms. The lowest BCUT2D eigenvalue weighted by Crippen LogP contribution is -2.36. The number of carbonyl (C=O) groups excluding carboxylic acids is 1. The molecule has 0 radical (unpaired) electrons. The third-order valence-corrected chi connectivity index (χ3v) is 3.29. The van der Waals surface area contributed by atoms with Crippen LogP contribution in [0.3, 0.4) is 0 Å². The Morgan fingerprint density at radius 2 is 1.74 bits per heavy atom. The van der Waals surface area contributed by atoms with Crippen molar-refractivity contribution in [3.63, 3.8) is 0 Å². The number of benzene rings is 2. The Morgan fingerprint density at radius 3 is 2.47 bits per heavy atom. The molecule has 96 valence electrons. The summed E-state index contributed by atoms with van der Waals surface area (Å²) in [5.41, 5.74) is 5.19. The Bertz CT molecular complexity index is 629. The lowest BCUT2D eigenvalue weighted by Gasteiger charge is -2.30. The first kappa shape index (κ1) is 11.8. The van der Waals surface area contributed by atoms with E-state index >= 15 is 0 Å². The summed E-state index contributed by atoms with van der Waals surface area (Å²) in [7, 11) is 0. The normalized spacial score (nSPS) is 14.0. The fourth-order valence-electron chi connectivity index (χ4n) is 2.57. The second-order valence-electron chi connectivity index (χ2n) is 4.95. The molecule has 1 N–H and O–H groups in total. The Labute approximate surface area is 112 Å². The molecule has 0 saturated carbocycles. The zero-order valence-corrected chi connectivity index (χ0v) is 11.1. The van der Waals surface area contributed by atoms with E-state index in [0.29, 0.717) is 6.54 Å². The van der Waals surface area contributed by atoms with Crippen LogP contribution < -0.4 is 10.2 Å². The van der Waals surface area contributed by atoms with Crippen LogP contribution in [-0.4, -0.2) is 12.5 Å². The highest BCUT2D eigenvalue weighted by Crippen LogP contribution is 2.35. The van der Waals surface area contributed by atoms with Gasteiger partial charge in [0.15, 0.2) is 0 Å². The van der Waals surface area contributed by atoms with Gasteiger partial charge in [-0.2, -0.15) is 0 Å². The van der Waals surface area contributed by atoms with Gasteiger partial charge in [0.05, 0.1) is 17.9 Å². The predicted molar refractivity (Wildman–Crippen MR) is 78.0 cm³/mol. The molecule has 0 saturated heterocycles. The second kappa shape index (κ2) is 4.43. The van der Waals surface area contributed by atoms with Gasteiger partial charge >= 0.3 is 0 Å². The van der Waals surface area contributed by atoms with Crippen LogP contribution in [0.1, 0.15) is 11.1 Å². The van der Waals surface area contributed by atoms with Gasteiger partial charge in [-0.15, -0.1) is 0 Å². The summed E-state index contributed by atoms with van der Waals surface area (Å²) in [5.74, 6) is 0.0729. The van der Waals surface area contributed by atoms with Gasteiger partial charge in [-0.25, -0.2) is 0 Å². The van der Waals surface area contributed by atoms with Crippen molar-refractivity contribution in [1.82, 2.24) is 0 Å². The highest BCUT2D eigenvalue weighted by Gasteiger charge is 2.25. The minimum atomic E-state index is 0.0729. The third-order valence-electron chi connectivity index (χ3n) is 3.29. The third kappa shape index (κ3) is 2.08. The van der Waals surface area contributed by atoms with Crippen LogP contribution in [0.15, 0.2) is 42.5 Å². The van der Waals surface area contributed by atoms with Crippen molar-refractivity contribution < 1.29 is 4.79 Å². The average Bonchev–Trinajstić information content (AvgIpc) is 2.37. The molecule has 2 aromatic rings. The molecular weight excluding hydrogens is 236 g/mol. The van der Waals surface area contributed by atoms with Crippen LogP contribution in [0, 0.1) is 13.8 Å². The topological polar surface area (TPSA) is 32.3 Å². The lowest BCUT2D eigenvalue weighted by molar-refractivity contribution is -0.116. The van der Waals surface area contributed by atoms with E-state index in [-0.39, 0.29) is 5.91 Å². The second-order valence-corrected chi connectivity index (χ2v) is 4.95. The SMILES string of the molecule is Cc1cc(C)cc(N2C(=O)CNc3ccccc32)c1. The fraction of sp³-hybridized carbons (Fsp3) is 0.188. The molecular formula is C16H16N2O. The molecule has 0 atom stereocenters. The number of carbonyl (C=O) groups is 1. The fourth-order valence-corrected chi connectivity index (χ4v) is 2.57. The maximum Gasteiger partial charge on any atom is 0.250 e. The van der Waals surface area contributed by atoms with Crippen LogP contribution in [0.25, 0.3) is 0 Å². The van der Waals surface area contributed by atoms with E-state index in [4.69, 9.17) is 0 Å². The predicted octanol–water partition coefficient (Wildman–Crippen LogP) is 3.39. The summed E-state index contributed by atoms with van der Waals surface area (Å²) < 4.78 is 0. The highest BCUT2D eigenvalue weighted by atomic mass is 16.2. The molecule has 0 unspecified atom stereocenters. The number of aryl methyl sites for hydroxylation is 2. The molecule has 0 bridgehead atoms. The van der Waals surface area contributed by atoms with Crippen molar-refractivity contribution in [3.05, 3.63) is 53.6 Å². The molecule has 3 heteroatoms. The van der Waals surface area contributed by atoms with E-state index < -0.39 is 0 Å². The molecule has 2 aromatic carbocycles. The first-order chi connectivity index (χ1) is 9.15. The molecule has 1 aliphatic rings. The van der Waals surface area contributed by atoms with Gasteiger partial charge in [-0.1, -0.05) is 18.2 Å². The number of hydrogen-bond donors (Lipinski definition) is 1. The number of nitrogens with one attached hydrogen (secondary N) is 1.